The zero-order valence-electron chi connectivity index (χ0n) is 18.6. The Labute approximate surface area is 208 Å². The number of anilines is 2. The van der Waals surface area contributed by atoms with Crippen LogP contribution in [-0.4, -0.2) is 43.9 Å². The first-order valence-corrected chi connectivity index (χ1v) is 12.4. The third-order valence-electron chi connectivity index (χ3n) is 6.23. The fourth-order valence-electron chi connectivity index (χ4n) is 4.18. The molecule has 0 aliphatic heterocycles. The van der Waals surface area contributed by atoms with Crippen LogP contribution in [0.4, 0.5) is 33.8 Å². The quantitative estimate of drug-likeness (QED) is 0.226. The molecular formula is C22H26F5IN6. The molecule has 186 valence electrons. The topological polar surface area (TPSA) is 75.6 Å². The van der Waals surface area contributed by atoms with E-state index in [1.54, 1.807) is 28.7 Å². The normalized spacial score (nSPS) is 22.7. The molecule has 2 aromatic heterocycles. The number of nitrogens with zero attached hydrogens (tertiary/aromatic N) is 4. The Bertz CT molecular complexity index is 947. The maximum Gasteiger partial charge on any atom is 0.248 e. The summed E-state index contributed by atoms with van der Waals surface area (Å²) in [6.45, 7) is 1.41. The van der Waals surface area contributed by atoms with Crippen LogP contribution in [-0.2, 0) is 3.68 Å². The van der Waals surface area contributed by atoms with Crippen molar-refractivity contribution in [3.8, 4) is 11.5 Å². The first-order valence-electron chi connectivity index (χ1n) is 11.3. The molecule has 2 saturated carbocycles. The van der Waals surface area contributed by atoms with Crippen LogP contribution in [0.5, 0.6) is 0 Å². The highest BCUT2D eigenvalue weighted by molar-refractivity contribution is 14.1. The molecule has 0 amide bonds. The van der Waals surface area contributed by atoms with Crippen molar-refractivity contribution in [1.82, 2.24) is 19.9 Å². The number of hydrogen-bond donors (Lipinski definition) is 2. The van der Waals surface area contributed by atoms with Crippen molar-refractivity contribution in [2.24, 2.45) is 0 Å². The highest BCUT2D eigenvalue weighted by Gasteiger charge is 2.36. The number of halogens is 6. The maximum absolute atomic E-state index is 14.5. The van der Waals surface area contributed by atoms with Crippen molar-refractivity contribution < 1.29 is 22.0 Å². The van der Waals surface area contributed by atoms with Gasteiger partial charge < -0.3 is 10.6 Å². The molecule has 34 heavy (non-hydrogen) atoms. The van der Waals surface area contributed by atoms with Crippen molar-refractivity contribution in [3.63, 3.8) is 0 Å². The van der Waals surface area contributed by atoms with Crippen LogP contribution in [0.1, 0.15) is 63.9 Å². The van der Waals surface area contributed by atoms with Crippen molar-refractivity contribution in [3.05, 3.63) is 23.9 Å². The van der Waals surface area contributed by atoms with Crippen molar-refractivity contribution in [2.45, 2.75) is 85.9 Å². The van der Waals surface area contributed by atoms with E-state index in [2.05, 4.69) is 30.6 Å². The number of pyridine rings is 1. The van der Waals surface area contributed by atoms with Gasteiger partial charge >= 0.3 is 0 Å². The second-order valence-electron chi connectivity index (χ2n) is 9.17. The van der Waals surface area contributed by atoms with Crippen LogP contribution in [0.2, 0.25) is 0 Å². The predicted octanol–water partition coefficient (Wildman–Crippen LogP) is 6.49. The molecule has 2 N–H and O–H groups in total. The minimum absolute atomic E-state index is 0.171. The van der Waals surface area contributed by atoms with E-state index in [1.807, 2.05) is 0 Å². The number of alkyl halides is 6. The van der Waals surface area contributed by atoms with Gasteiger partial charge in [0.25, 0.3) is 0 Å². The van der Waals surface area contributed by atoms with E-state index in [1.165, 1.54) is 19.2 Å². The van der Waals surface area contributed by atoms with E-state index < -0.39 is 15.5 Å². The number of nitrogens with one attached hydrogen (secondary N) is 2. The predicted molar refractivity (Wildman–Crippen MR) is 127 cm³/mol. The standard InChI is InChI=1S/C22H26F5IN6/c1-20(23,28)13-6-11-29-16(12-13)17-32-18(30-14-2-7-21(24,25)8-3-14)34-19(33-17)31-15-4-9-22(26,27)10-5-15/h6,11-12,14-15H,2-5,7-10H2,1H3,(H2,30,31,32,33,34). The number of hydrogen-bond acceptors (Lipinski definition) is 6. The molecule has 1 atom stereocenters. The summed E-state index contributed by atoms with van der Waals surface area (Å²) in [5.74, 6) is -4.81. The molecule has 6 nitrogen and oxygen atoms in total. The lowest BCUT2D eigenvalue weighted by Gasteiger charge is -2.30. The monoisotopic (exact) mass is 596 g/mol. The molecule has 2 aliphatic rings. The molecule has 0 bridgehead atoms. The van der Waals surface area contributed by atoms with E-state index in [0.717, 1.165) is 0 Å². The van der Waals surface area contributed by atoms with Gasteiger partial charge in [-0.15, -0.1) is 0 Å². The molecule has 0 radical (unpaired) electrons. The second-order valence-corrected chi connectivity index (χ2v) is 11.2. The van der Waals surface area contributed by atoms with Crippen LogP contribution in [0.3, 0.4) is 0 Å². The van der Waals surface area contributed by atoms with E-state index >= 15 is 0 Å². The highest BCUT2D eigenvalue weighted by Crippen LogP contribution is 2.36. The average Bonchev–Trinajstić information content (AvgIpc) is 2.76. The van der Waals surface area contributed by atoms with Gasteiger partial charge in [-0.3, -0.25) is 4.98 Å². The Morgan fingerprint density at radius 2 is 1.35 bits per heavy atom. The highest BCUT2D eigenvalue weighted by atomic mass is 127. The Kier molecular flexibility index (Phi) is 7.16. The fraction of sp³-hybridized carbons (Fsp3) is 0.636. The fourth-order valence-corrected chi connectivity index (χ4v) is 4.52. The van der Waals surface area contributed by atoms with Gasteiger partial charge in [-0.2, -0.15) is 15.0 Å². The van der Waals surface area contributed by atoms with Gasteiger partial charge in [0.1, 0.15) is 5.69 Å². The van der Waals surface area contributed by atoms with Gasteiger partial charge in [0.2, 0.25) is 23.7 Å². The summed E-state index contributed by atoms with van der Waals surface area (Å²) < 4.78 is 67.0. The first kappa shape index (κ1) is 25.2. The lowest BCUT2D eigenvalue weighted by atomic mass is 9.92. The summed E-state index contributed by atoms with van der Waals surface area (Å²) in [4.78, 5) is 17.4. The van der Waals surface area contributed by atoms with Crippen LogP contribution in [0.15, 0.2) is 18.3 Å². The van der Waals surface area contributed by atoms with Crippen LogP contribution in [0, 0.1) is 0 Å². The van der Waals surface area contributed by atoms with Gasteiger partial charge in [-0.1, -0.05) is 0 Å². The van der Waals surface area contributed by atoms with Gasteiger partial charge in [-0.05, 0) is 67.3 Å². The summed E-state index contributed by atoms with van der Waals surface area (Å²) in [6.07, 6.45) is 1.61. The summed E-state index contributed by atoms with van der Waals surface area (Å²) in [7, 11) is 0. The minimum Gasteiger partial charge on any atom is -0.351 e. The van der Waals surface area contributed by atoms with Crippen molar-refractivity contribution in [1.29, 1.82) is 0 Å². The average molecular weight is 596 g/mol. The minimum atomic E-state index is -2.67. The maximum atomic E-state index is 14.5. The third kappa shape index (κ3) is 6.63. The molecule has 2 aliphatic carbocycles. The molecule has 2 fully saturated rings. The van der Waals surface area contributed by atoms with Crippen molar-refractivity contribution in [2.75, 3.05) is 10.6 Å². The Balaban J connectivity index is 1.60. The largest absolute Gasteiger partial charge is 0.351 e. The molecule has 2 heterocycles. The third-order valence-corrected chi connectivity index (χ3v) is 6.85. The second kappa shape index (κ2) is 9.65. The summed E-state index contributed by atoms with van der Waals surface area (Å²) >= 11 is 1.68. The Morgan fingerprint density at radius 3 is 1.79 bits per heavy atom. The molecule has 0 spiro atoms. The molecular weight excluding hydrogens is 570 g/mol. The lowest BCUT2D eigenvalue weighted by Crippen LogP contribution is -2.33. The molecule has 0 aromatic carbocycles. The SMILES string of the molecule is CC(F)(I)c1ccnc(-c2nc(NC3CCC(F)(F)CC3)nc(NC3CCC(F)(F)CC3)n2)c1. The van der Waals surface area contributed by atoms with Gasteiger partial charge in [0.05, 0.1) is 0 Å². The van der Waals surface area contributed by atoms with Crippen molar-refractivity contribution >= 4 is 34.5 Å². The molecule has 1 unspecified atom stereocenters. The number of rotatable bonds is 6. The van der Waals surface area contributed by atoms with E-state index in [0.29, 0.717) is 11.3 Å². The Morgan fingerprint density at radius 1 is 0.882 bits per heavy atom. The van der Waals surface area contributed by atoms with Crippen LogP contribution in [0.25, 0.3) is 11.5 Å². The Hall–Kier alpha value is -1.86. The van der Waals surface area contributed by atoms with Crippen LogP contribution >= 0.6 is 22.6 Å². The van der Waals surface area contributed by atoms with Gasteiger partial charge in [0, 0.05) is 49.5 Å². The molecule has 12 heteroatoms. The summed E-state index contributed by atoms with van der Waals surface area (Å²) in [5.41, 5.74) is 0.698. The zero-order valence-corrected chi connectivity index (χ0v) is 20.8. The molecule has 0 saturated heterocycles. The summed E-state index contributed by atoms with van der Waals surface area (Å²) in [6, 6.07) is 2.62. The first-order chi connectivity index (χ1) is 15.9. The van der Waals surface area contributed by atoms with Crippen LogP contribution < -0.4 is 10.6 Å². The molecule has 4 rings (SSSR count). The van der Waals surface area contributed by atoms with E-state index in [4.69, 9.17) is 0 Å². The molecule has 2 aromatic rings. The number of aromatic nitrogens is 4. The zero-order chi connectivity index (χ0) is 24.6. The summed E-state index contributed by atoms with van der Waals surface area (Å²) in [5, 5.41) is 6.21. The lowest BCUT2D eigenvalue weighted by molar-refractivity contribution is -0.0366. The van der Waals surface area contributed by atoms with E-state index in [-0.39, 0.29) is 81.2 Å². The van der Waals surface area contributed by atoms with Gasteiger partial charge in [-0.25, -0.2) is 22.0 Å². The smallest absolute Gasteiger partial charge is 0.248 e. The van der Waals surface area contributed by atoms with E-state index in [9.17, 15) is 22.0 Å². The van der Waals surface area contributed by atoms with Gasteiger partial charge in [0.15, 0.2) is 9.50 Å².